The van der Waals surface area contributed by atoms with Crippen molar-refractivity contribution in [2.75, 3.05) is 11.1 Å². The standard InChI is InChI=1S/C20H21N3O2S/c1-3-14-5-7-15(8-6-14)13-18-22-23-20(25-18)21-19(24)16-9-11-17(12-10-16)26-4-2/h5-12H,3-4,13H2,1-2H3,(H,21,23,24). The van der Waals surface area contributed by atoms with Gasteiger partial charge in [-0.3, -0.25) is 10.1 Å². The molecule has 0 bridgehead atoms. The van der Waals surface area contributed by atoms with E-state index in [1.54, 1.807) is 23.9 Å². The van der Waals surface area contributed by atoms with Crippen LogP contribution < -0.4 is 5.32 Å². The number of amides is 1. The molecule has 0 aliphatic heterocycles. The van der Waals surface area contributed by atoms with E-state index in [1.807, 2.05) is 12.1 Å². The Bertz CT molecular complexity index is 858. The number of thioether (sulfide) groups is 1. The Kier molecular flexibility index (Phi) is 6.07. The Morgan fingerprint density at radius 3 is 2.35 bits per heavy atom. The molecular weight excluding hydrogens is 346 g/mol. The van der Waals surface area contributed by atoms with Gasteiger partial charge in [0, 0.05) is 10.5 Å². The second-order valence-electron chi connectivity index (χ2n) is 5.76. The van der Waals surface area contributed by atoms with Crippen LogP contribution in [-0.4, -0.2) is 21.9 Å². The predicted octanol–water partition coefficient (Wildman–Crippen LogP) is 4.59. The third kappa shape index (κ3) is 4.73. The highest BCUT2D eigenvalue weighted by Crippen LogP contribution is 2.18. The molecule has 26 heavy (non-hydrogen) atoms. The van der Waals surface area contributed by atoms with Crippen molar-refractivity contribution >= 4 is 23.7 Å². The second-order valence-corrected chi connectivity index (χ2v) is 7.10. The zero-order valence-corrected chi connectivity index (χ0v) is 15.7. The van der Waals surface area contributed by atoms with Gasteiger partial charge in [-0.25, -0.2) is 0 Å². The number of nitrogens with zero attached hydrogens (tertiary/aromatic N) is 2. The first-order valence-electron chi connectivity index (χ1n) is 8.62. The topological polar surface area (TPSA) is 68.0 Å². The number of anilines is 1. The van der Waals surface area contributed by atoms with Gasteiger partial charge in [0.15, 0.2) is 0 Å². The summed E-state index contributed by atoms with van der Waals surface area (Å²) in [7, 11) is 0. The fourth-order valence-corrected chi connectivity index (χ4v) is 3.14. The lowest BCUT2D eigenvalue weighted by Crippen LogP contribution is -2.11. The first-order chi connectivity index (χ1) is 12.7. The maximum absolute atomic E-state index is 12.3. The molecule has 2 aromatic carbocycles. The number of hydrogen-bond donors (Lipinski definition) is 1. The first-order valence-corrected chi connectivity index (χ1v) is 9.61. The number of nitrogens with one attached hydrogen (secondary N) is 1. The molecule has 6 heteroatoms. The van der Waals surface area contributed by atoms with Crippen molar-refractivity contribution in [3.8, 4) is 0 Å². The van der Waals surface area contributed by atoms with Crippen molar-refractivity contribution in [3.05, 3.63) is 71.1 Å². The SMILES string of the molecule is CCSc1ccc(C(=O)Nc2nnc(Cc3ccc(CC)cc3)o2)cc1. The Morgan fingerprint density at radius 2 is 1.69 bits per heavy atom. The van der Waals surface area contributed by atoms with Gasteiger partial charge in [0.2, 0.25) is 5.89 Å². The molecular formula is C20H21N3O2S. The number of carbonyl (C=O) groups is 1. The lowest BCUT2D eigenvalue weighted by Gasteiger charge is -2.02. The second kappa shape index (κ2) is 8.67. The molecule has 3 aromatic rings. The van der Waals surface area contributed by atoms with Gasteiger partial charge < -0.3 is 4.42 Å². The third-order valence-corrected chi connectivity index (χ3v) is 4.80. The van der Waals surface area contributed by atoms with Crippen LogP contribution in [0, 0.1) is 0 Å². The summed E-state index contributed by atoms with van der Waals surface area (Å²) in [6.07, 6.45) is 1.55. The highest BCUT2D eigenvalue weighted by atomic mass is 32.2. The summed E-state index contributed by atoms with van der Waals surface area (Å²) in [6.45, 7) is 4.22. The highest BCUT2D eigenvalue weighted by molar-refractivity contribution is 7.99. The van der Waals surface area contributed by atoms with Gasteiger partial charge in [0.1, 0.15) is 0 Å². The van der Waals surface area contributed by atoms with Gasteiger partial charge in [0.25, 0.3) is 5.91 Å². The zero-order chi connectivity index (χ0) is 18.4. The maximum Gasteiger partial charge on any atom is 0.322 e. The molecule has 1 aromatic heterocycles. The molecule has 0 spiro atoms. The van der Waals surface area contributed by atoms with E-state index in [9.17, 15) is 4.79 Å². The van der Waals surface area contributed by atoms with Crippen molar-refractivity contribution in [3.63, 3.8) is 0 Å². The molecule has 0 unspecified atom stereocenters. The van der Waals surface area contributed by atoms with E-state index in [1.165, 1.54) is 5.56 Å². The molecule has 0 radical (unpaired) electrons. The fourth-order valence-electron chi connectivity index (χ4n) is 2.48. The van der Waals surface area contributed by atoms with Crippen LogP contribution in [0.15, 0.2) is 57.8 Å². The van der Waals surface area contributed by atoms with Crippen LogP contribution >= 0.6 is 11.8 Å². The average molecular weight is 367 g/mol. The third-order valence-electron chi connectivity index (χ3n) is 3.90. The quantitative estimate of drug-likeness (QED) is 0.619. The van der Waals surface area contributed by atoms with Crippen LogP contribution in [0.25, 0.3) is 0 Å². The molecule has 134 valence electrons. The van der Waals surface area contributed by atoms with Gasteiger partial charge in [-0.2, -0.15) is 0 Å². The van der Waals surface area contributed by atoms with Gasteiger partial charge >= 0.3 is 6.01 Å². The summed E-state index contributed by atoms with van der Waals surface area (Å²) >= 11 is 1.73. The summed E-state index contributed by atoms with van der Waals surface area (Å²) in [6, 6.07) is 15.9. The molecule has 3 rings (SSSR count). The first kappa shape index (κ1) is 18.2. The van der Waals surface area contributed by atoms with Gasteiger partial charge in [-0.05, 0) is 47.6 Å². The van der Waals surface area contributed by atoms with Crippen LogP contribution in [0.3, 0.4) is 0 Å². The van der Waals surface area contributed by atoms with Crippen molar-refractivity contribution in [1.29, 1.82) is 0 Å². The van der Waals surface area contributed by atoms with Crippen molar-refractivity contribution < 1.29 is 9.21 Å². The molecule has 0 aliphatic carbocycles. The van der Waals surface area contributed by atoms with Gasteiger partial charge in [-0.1, -0.05) is 43.2 Å². The number of carbonyl (C=O) groups excluding carboxylic acids is 1. The monoisotopic (exact) mass is 367 g/mol. The van der Waals surface area contributed by atoms with Crippen molar-refractivity contribution in [2.45, 2.75) is 31.6 Å². The summed E-state index contributed by atoms with van der Waals surface area (Å²) in [5, 5.41) is 10.6. The van der Waals surface area contributed by atoms with E-state index >= 15 is 0 Å². The summed E-state index contributed by atoms with van der Waals surface area (Å²) in [4.78, 5) is 13.4. The van der Waals surface area contributed by atoms with E-state index in [2.05, 4.69) is 53.6 Å². The van der Waals surface area contributed by atoms with Crippen LogP contribution in [0.4, 0.5) is 6.01 Å². The molecule has 1 amide bonds. The number of hydrogen-bond acceptors (Lipinski definition) is 5. The zero-order valence-electron chi connectivity index (χ0n) is 14.9. The molecule has 0 aliphatic rings. The number of benzene rings is 2. The molecule has 1 N–H and O–H groups in total. The molecule has 1 heterocycles. The van der Waals surface area contributed by atoms with Crippen LogP contribution in [0.5, 0.6) is 0 Å². The van der Waals surface area contributed by atoms with E-state index in [-0.39, 0.29) is 11.9 Å². The van der Waals surface area contributed by atoms with E-state index in [4.69, 9.17) is 4.42 Å². The Labute approximate surface area is 157 Å². The van der Waals surface area contributed by atoms with Crippen molar-refractivity contribution in [1.82, 2.24) is 10.2 Å². The lowest BCUT2D eigenvalue weighted by molar-refractivity contribution is 0.102. The minimum absolute atomic E-state index is 0.113. The van der Waals surface area contributed by atoms with E-state index < -0.39 is 0 Å². The van der Waals surface area contributed by atoms with E-state index in [0.717, 1.165) is 22.6 Å². The fraction of sp³-hybridized carbons (Fsp3) is 0.250. The smallest absolute Gasteiger partial charge is 0.322 e. The van der Waals surface area contributed by atoms with Crippen LogP contribution in [0.2, 0.25) is 0 Å². The minimum atomic E-state index is -0.263. The molecule has 0 fully saturated rings. The molecule has 0 saturated carbocycles. The van der Waals surface area contributed by atoms with E-state index in [0.29, 0.717) is 17.9 Å². The molecule has 0 saturated heterocycles. The van der Waals surface area contributed by atoms with Crippen molar-refractivity contribution in [2.24, 2.45) is 0 Å². The number of rotatable bonds is 7. The summed E-state index contributed by atoms with van der Waals surface area (Å²) in [5.41, 5.74) is 2.93. The summed E-state index contributed by atoms with van der Waals surface area (Å²) < 4.78 is 5.54. The maximum atomic E-state index is 12.3. The Morgan fingerprint density at radius 1 is 1.00 bits per heavy atom. The lowest BCUT2D eigenvalue weighted by atomic mass is 10.1. The number of aromatic nitrogens is 2. The summed E-state index contributed by atoms with van der Waals surface area (Å²) in [5.74, 6) is 1.21. The largest absolute Gasteiger partial charge is 0.407 e. The highest BCUT2D eigenvalue weighted by Gasteiger charge is 2.12. The Balaban J connectivity index is 1.61. The normalized spacial score (nSPS) is 10.7. The van der Waals surface area contributed by atoms with Crippen LogP contribution in [0.1, 0.15) is 41.2 Å². The minimum Gasteiger partial charge on any atom is -0.407 e. The number of aryl methyl sites for hydroxylation is 1. The predicted molar refractivity (Wildman–Crippen MR) is 104 cm³/mol. The van der Waals surface area contributed by atoms with Gasteiger partial charge in [0.05, 0.1) is 6.42 Å². The van der Waals surface area contributed by atoms with Gasteiger partial charge in [-0.15, -0.1) is 16.9 Å². The molecule has 5 nitrogen and oxygen atoms in total. The molecule has 0 atom stereocenters. The van der Waals surface area contributed by atoms with Crippen LogP contribution in [-0.2, 0) is 12.8 Å². The Hall–Kier alpha value is -2.60. The average Bonchev–Trinajstić information content (AvgIpc) is 3.10.